The Labute approximate surface area is 149 Å². The van der Waals surface area contributed by atoms with Gasteiger partial charge in [0.1, 0.15) is 12.4 Å². The predicted octanol–water partition coefficient (Wildman–Crippen LogP) is 1.75. The molecule has 2 atom stereocenters. The quantitative estimate of drug-likeness (QED) is 0.830. The van der Waals surface area contributed by atoms with Crippen LogP contribution in [0.1, 0.15) is 17.5 Å². The first-order valence-corrected chi connectivity index (χ1v) is 8.65. The van der Waals surface area contributed by atoms with Crippen LogP contribution in [0, 0.1) is 5.82 Å². The van der Waals surface area contributed by atoms with Crippen LogP contribution in [-0.2, 0) is 22.6 Å². The third-order valence-corrected chi connectivity index (χ3v) is 5.34. The average molecular weight is 360 g/mol. The molecule has 2 aromatic carbocycles. The zero-order valence-electron chi connectivity index (χ0n) is 13.5. The summed E-state index contributed by atoms with van der Waals surface area (Å²) in [6, 6.07) is 11.7. The Morgan fingerprint density at radius 2 is 1.88 bits per heavy atom. The lowest BCUT2D eigenvalue weighted by molar-refractivity contribution is -0.930. The van der Waals surface area contributed by atoms with Crippen LogP contribution < -0.4 is 9.80 Å². The molecule has 1 fully saturated rings. The van der Waals surface area contributed by atoms with Gasteiger partial charge >= 0.3 is 0 Å². The molecular weight excluding hydrogens is 343 g/mol. The molecule has 2 aliphatic rings. The average Bonchev–Trinajstić information content (AvgIpc) is 2.91. The number of hydrogen-bond acceptors (Lipinski definition) is 2. The fourth-order valence-electron chi connectivity index (χ4n) is 3.75. The summed E-state index contributed by atoms with van der Waals surface area (Å²) < 4.78 is 13.4. The van der Waals surface area contributed by atoms with E-state index in [1.54, 1.807) is 0 Å². The summed E-state index contributed by atoms with van der Waals surface area (Å²) in [7, 11) is 0. The smallest absolute Gasteiger partial charge is 0.292 e. The molecule has 0 spiro atoms. The summed E-state index contributed by atoms with van der Waals surface area (Å²) in [6.45, 7) is 1.55. The number of anilines is 1. The van der Waals surface area contributed by atoms with Gasteiger partial charge in [-0.1, -0.05) is 35.9 Å². The van der Waals surface area contributed by atoms with Crippen molar-refractivity contribution >= 4 is 29.1 Å². The molecule has 1 N–H and O–H groups in total. The molecule has 0 radical (unpaired) electrons. The number of rotatable bonds is 2. The van der Waals surface area contributed by atoms with Gasteiger partial charge in [-0.15, -0.1) is 0 Å². The first-order chi connectivity index (χ1) is 12.0. The number of imide groups is 1. The van der Waals surface area contributed by atoms with Crippen molar-refractivity contribution in [3.05, 3.63) is 64.4 Å². The summed E-state index contributed by atoms with van der Waals surface area (Å²) in [5.74, 6) is -1.06. The molecule has 128 valence electrons. The third-order valence-electron chi connectivity index (χ3n) is 5.05. The Kier molecular flexibility index (Phi) is 4.06. The number of carbonyl (C=O) groups is 2. The van der Waals surface area contributed by atoms with Gasteiger partial charge in [0.2, 0.25) is 5.91 Å². The number of fused-ring (bicyclic) bond motifs is 1. The summed E-state index contributed by atoms with van der Waals surface area (Å²) in [5, 5.41) is -0.0965. The van der Waals surface area contributed by atoms with Crippen molar-refractivity contribution in [3.63, 3.8) is 0 Å². The molecule has 4 rings (SSSR count). The summed E-state index contributed by atoms with van der Waals surface area (Å²) in [4.78, 5) is 27.6. The molecule has 0 bridgehead atoms. The maximum Gasteiger partial charge on any atom is 0.292 e. The van der Waals surface area contributed by atoms with Gasteiger partial charge in [0.05, 0.1) is 23.7 Å². The third kappa shape index (κ3) is 2.83. The lowest BCUT2D eigenvalue weighted by Crippen LogP contribution is -3.16. The van der Waals surface area contributed by atoms with Crippen molar-refractivity contribution in [2.75, 3.05) is 11.4 Å². The van der Waals surface area contributed by atoms with Crippen molar-refractivity contribution in [1.29, 1.82) is 0 Å². The van der Waals surface area contributed by atoms with Crippen molar-refractivity contribution in [1.82, 2.24) is 0 Å². The van der Waals surface area contributed by atoms with Crippen molar-refractivity contribution < 1.29 is 18.9 Å². The highest BCUT2D eigenvalue weighted by atomic mass is 35.5. The van der Waals surface area contributed by atoms with E-state index in [4.69, 9.17) is 11.6 Å². The number of amides is 2. The molecule has 0 aromatic heterocycles. The van der Waals surface area contributed by atoms with E-state index in [1.165, 1.54) is 29.3 Å². The molecule has 2 heterocycles. The Hall–Kier alpha value is -2.24. The minimum absolute atomic E-state index is 0.0965. The number of hydrogen-bond donors (Lipinski definition) is 1. The van der Waals surface area contributed by atoms with Gasteiger partial charge in [0.15, 0.2) is 6.04 Å². The standard InChI is InChI=1S/C19H16ClFN2O2/c20-15-9-14(5-6-16(15)21)23-18(24)10-17(19(23)25)22-8-7-12-3-1-2-4-13(12)11-22/h1-6,9,17H,7-8,10-11H2/p+1/t17-/m0/s1. The summed E-state index contributed by atoms with van der Waals surface area (Å²) in [6.07, 6.45) is 1.07. The second-order valence-corrected chi connectivity index (χ2v) is 6.93. The fourth-order valence-corrected chi connectivity index (χ4v) is 3.92. The first-order valence-electron chi connectivity index (χ1n) is 8.28. The van der Waals surface area contributed by atoms with Gasteiger partial charge in [0.25, 0.3) is 5.91 Å². The van der Waals surface area contributed by atoms with Crippen LogP contribution in [-0.4, -0.2) is 24.4 Å². The van der Waals surface area contributed by atoms with Crippen LogP contribution >= 0.6 is 11.6 Å². The van der Waals surface area contributed by atoms with Gasteiger partial charge in [-0.2, -0.15) is 0 Å². The zero-order valence-corrected chi connectivity index (χ0v) is 14.2. The van der Waals surface area contributed by atoms with Gasteiger partial charge in [-0.05, 0) is 23.8 Å². The van der Waals surface area contributed by atoms with Crippen molar-refractivity contribution in [3.8, 4) is 0 Å². The van der Waals surface area contributed by atoms with Gasteiger partial charge in [0, 0.05) is 12.0 Å². The fraction of sp³-hybridized carbons (Fsp3) is 0.263. The summed E-state index contributed by atoms with van der Waals surface area (Å²) in [5.41, 5.74) is 2.87. The monoisotopic (exact) mass is 359 g/mol. The van der Waals surface area contributed by atoms with Crippen LogP contribution in [0.3, 0.4) is 0 Å². The predicted molar refractivity (Wildman–Crippen MR) is 92.0 cm³/mol. The maximum absolute atomic E-state index is 13.4. The van der Waals surface area contributed by atoms with E-state index in [1.807, 2.05) is 12.1 Å². The van der Waals surface area contributed by atoms with Crippen LogP contribution in [0.15, 0.2) is 42.5 Å². The Balaban J connectivity index is 1.58. The molecule has 0 saturated carbocycles. The molecule has 4 nitrogen and oxygen atoms in total. The van der Waals surface area contributed by atoms with E-state index in [-0.39, 0.29) is 23.3 Å². The first kappa shape index (κ1) is 16.2. The van der Waals surface area contributed by atoms with Crippen LogP contribution in [0.25, 0.3) is 0 Å². The Morgan fingerprint density at radius 1 is 1.12 bits per heavy atom. The molecular formula is C19H17ClFN2O2+. The van der Waals surface area contributed by atoms with E-state index in [0.29, 0.717) is 5.69 Å². The summed E-state index contributed by atoms with van der Waals surface area (Å²) >= 11 is 5.80. The van der Waals surface area contributed by atoms with E-state index in [2.05, 4.69) is 12.1 Å². The number of nitrogens with zero attached hydrogens (tertiary/aromatic N) is 1. The minimum Gasteiger partial charge on any atom is -0.320 e. The molecule has 0 aliphatic carbocycles. The van der Waals surface area contributed by atoms with Gasteiger partial charge < -0.3 is 4.90 Å². The highest BCUT2D eigenvalue weighted by molar-refractivity contribution is 6.31. The minimum atomic E-state index is -0.570. The maximum atomic E-state index is 13.4. The molecule has 2 amide bonds. The van der Waals surface area contributed by atoms with Crippen LogP contribution in [0.2, 0.25) is 5.02 Å². The largest absolute Gasteiger partial charge is 0.320 e. The number of carbonyl (C=O) groups excluding carboxylic acids is 2. The normalized spacial score (nSPS) is 23.0. The van der Waals surface area contributed by atoms with E-state index >= 15 is 0 Å². The Bertz CT molecular complexity index is 870. The number of benzene rings is 2. The molecule has 1 saturated heterocycles. The Morgan fingerprint density at radius 3 is 2.64 bits per heavy atom. The van der Waals surface area contributed by atoms with Crippen LogP contribution in [0.4, 0.5) is 10.1 Å². The lowest BCUT2D eigenvalue weighted by Gasteiger charge is -2.29. The highest BCUT2D eigenvalue weighted by Gasteiger charge is 2.46. The van der Waals surface area contributed by atoms with Crippen molar-refractivity contribution in [2.45, 2.75) is 25.4 Å². The number of halogens is 2. The topological polar surface area (TPSA) is 41.8 Å². The number of quaternary nitrogens is 1. The molecule has 2 aromatic rings. The molecule has 25 heavy (non-hydrogen) atoms. The highest BCUT2D eigenvalue weighted by Crippen LogP contribution is 2.27. The van der Waals surface area contributed by atoms with Gasteiger partial charge in [-0.3, -0.25) is 9.59 Å². The molecule has 6 heteroatoms. The molecule has 2 aliphatic heterocycles. The van der Waals surface area contributed by atoms with Gasteiger partial charge in [-0.25, -0.2) is 9.29 Å². The van der Waals surface area contributed by atoms with E-state index < -0.39 is 11.9 Å². The van der Waals surface area contributed by atoms with Crippen molar-refractivity contribution in [2.24, 2.45) is 0 Å². The second-order valence-electron chi connectivity index (χ2n) is 6.53. The van der Waals surface area contributed by atoms with Crippen LogP contribution in [0.5, 0.6) is 0 Å². The second kappa shape index (κ2) is 6.24. The van der Waals surface area contributed by atoms with E-state index in [0.717, 1.165) is 29.3 Å². The molecule has 1 unspecified atom stereocenters. The number of nitrogens with one attached hydrogen (secondary N) is 1. The lowest BCUT2D eigenvalue weighted by atomic mass is 9.98. The zero-order chi connectivity index (χ0) is 17.6. The SMILES string of the molecule is O=C1C[C@H]([NH+]2CCc3ccccc3C2)C(=O)N1c1ccc(F)c(Cl)c1. The van der Waals surface area contributed by atoms with E-state index in [9.17, 15) is 14.0 Å².